The van der Waals surface area contributed by atoms with Crippen LogP contribution >= 0.6 is 11.3 Å². The SMILES string of the molecule is CCOc1ccc(-c2nc(CC(=O)Nc3ccc4[nH]c(=O)[nH]c4c3)cs2)cc1. The van der Waals surface area contributed by atoms with Crippen molar-refractivity contribution in [2.45, 2.75) is 13.3 Å². The van der Waals surface area contributed by atoms with Crippen molar-refractivity contribution in [1.82, 2.24) is 15.0 Å². The van der Waals surface area contributed by atoms with Gasteiger partial charge in [-0.15, -0.1) is 11.3 Å². The number of aromatic nitrogens is 3. The van der Waals surface area contributed by atoms with Gasteiger partial charge in [0.15, 0.2) is 0 Å². The molecule has 1 amide bonds. The van der Waals surface area contributed by atoms with Crippen molar-refractivity contribution in [1.29, 1.82) is 0 Å². The van der Waals surface area contributed by atoms with Crippen molar-refractivity contribution < 1.29 is 9.53 Å². The van der Waals surface area contributed by atoms with Gasteiger partial charge in [-0.05, 0) is 49.4 Å². The third-order valence-corrected chi connectivity index (χ3v) is 5.05. The van der Waals surface area contributed by atoms with Crippen LogP contribution in [-0.2, 0) is 11.2 Å². The van der Waals surface area contributed by atoms with Gasteiger partial charge in [-0.1, -0.05) is 0 Å². The highest BCUT2D eigenvalue weighted by Crippen LogP contribution is 2.26. The van der Waals surface area contributed by atoms with Crippen LogP contribution in [0.3, 0.4) is 0 Å². The van der Waals surface area contributed by atoms with Gasteiger partial charge in [0, 0.05) is 16.6 Å². The van der Waals surface area contributed by atoms with E-state index in [1.807, 2.05) is 36.6 Å². The highest BCUT2D eigenvalue weighted by molar-refractivity contribution is 7.13. The number of fused-ring (bicyclic) bond motifs is 1. The lowest BCUT2D eigenvalue weighted by Gasteiger charge is -2.04. The molecule has 2 heterocycles. The molecule has 0 bridgehead atoms. The Morgan fingerprint density at radius 1 is 1.14 bits per heavy atom. The number of carbonyl (C=O) groups is 1. The first-order valence-electron chi connectivity index (χ1n) is 8.80. The number of ether oxygens (including phenoxy) is 1. The Labute approximate surface area is 164 Å². The molecule has 0 aliphatic heterocycles. The maximum absolute atomic E-state index is 12.3. The molecule has 2 aromatic heterocycles. The second kappa shape index (κ2) is 7.69. The van der Waals surface area contributed by atoms with Crippen LogP contribution in [0.25, 0.3) is 21.6 Å². The van der Waals surface area contributed by atoms with Gasteiger partial charge in [0.25, 0.3) is 0 Å². The zero-order valence-electron chi connectivity index (χ0n) is 15.1. The van der Waals surface area contributed by atoms with Crippen LogP contribution in [0.2, 0.25) is 0 Å². The van der Waals surface area contributed by atoms with E-state index in [2.05, 4.69) is 20.3 Å². The van der Waals surface area contributed by atoms with Crippen molar-refractivity contribution in [2.75, 3.05) is 11.9 Å². The lowest BCUT2D eigenvalue weighted by molar-refractivity contribution is -0.115. The smallest absolute Gasteiger partial charge is 0.323 e. The number of rotatable bonds is 6. The number of hydrogen-bond donors (Lipinski definition) is 3. The highest BCUT2D eigenvalue weighted by Gasteiger charge is 2.10. The molecule has 28 heavy (non-hydrogen) atoms. The molecular formula is C20H18N4O3S. The molecule has 2 aromatic carbocycles. The average Bonchev–Trinajstić information content (AvgIpc) is 3.28. The number of nitrogens with zero attached hydrogens (tertiary/aromatic N) is 1. The maximum atomic E-state index is 12.3. The molecule has 142 valence electrons. The van der Waals surface area contributed by atoms with Gasteiger partial charge in [-0.3, -0.25) is 4.79 Å². The van der Waals surface area contributed by atoms with Crippen LogP contribution < -0.4 is 15.7 Å². The summed E-state index contributed by atoms with van der Waals surface area (Å²) in [7, 11) is 0. The molecular weight excluding hydrogens is 376 g/mol. The average molecular weight is 394 g/mol. The number of anilines is 1. The second-order valence-corrected chi connectivity index (χ2v) is 7.02. The third-order valence-electron chi connectivity index (χ3n) is 4.11. The highest BCUT2D eigenvalue weighted by atomic mass is 32.1. The number of imidazole rings is 1. The number of amides is 1. The van der Waals surface area contributed by atoms with E-state index in [4.69, 9.17) is 4.74 Å². The minimum absolute atomic E-state index is 0.166. The van der Waals surface area contributed by atoms with Crippen molar-refractivity contribution in [3.8, 4) is 16.3 Å². The van der Waals surface area contributed by atoms with Gasteiger partial charge in [-0.2, -0.15) is 0 Å². The fraction of sp³-hybridized carbons (Fsp3) is 0.150. The summed E-state index contributed by atoms with van der Waals surface area (Å²) in [5.74, 6) is 0.656. The minimum Gasteiger partial charge on any atom is -0.494 e. The van der Waals surface area contributed by atoms with Gasteiger partial charge in [-0.25, -0.2) is 9.78 Å². The zero-order valence-corrected chi connectivity index (χ0v) is 15.9. The molecule has 0 aliphatic carbocycles. The molecule has 3 N–H and O–H groups in total. The summed E-state index contributed by atoms with van der Waals surface area (Å²) >= 11 is 1.50. The Hall–Kier alpha value is -3.39. The van der Waals surface area contributed by atoms with Crippen LogP contribution in [-0.4, -0.2) is 27.5 Å². The molecule has 0 unspecified atom stereocenters. The summed E-state index contributed by atoms with van der Waals surface area (Å²) < 4.78 is 5.45. The largest absolute Gasteiger partial charge is 0.494 e. The predicted octanol–water partition coefficient (Wildman–Crippen LogP) is 3.56. The van der Waals surface area contributed by atoms with E-state index >= 15 is 0 Å². The number of H-pyrrole nitrogens is 2. The predicted molar refractivity (Wildman–Crippen MR) is 110 cm³/mol. The van der Waals surface area contributed by atoms with E-state index in [1.165, 1.54) is 11.3 Å². The Kier molecular flexibility index (Phi) is 4.94. The summed E-state index contributed by atoms with van der Waals surface area (Å²) in [6, 6.07) is 13.0. The summed E-state index contributed by atoms with van der Waals surface area (Å²) in [6.45, 7) is 2.57. The molecule has 8 heteroatoms. The number of benzene rings is 2. The van der Waals surface area contributed by atoms with Crippen molar-refractivity contribution in [3.05, 3.63) is 64.0 Å². The van der Waals surface area contributed by atoms with Crippen molar-refractivity contribution >= 4 is 34.0 Å². The molecule has 0 fully saturated rings. The molecule has 4 aromatic rings. The Balaban J connectivity index is 1.42. The standard InChI is InChI=1S/C20H18N4O3S/c1-2-27-15-6-3-12(4-7-15)19-22-14(11-28-19)10-18(25)21-13-5-8-16-17(9-13)24-20(26)23-16/h3-9,11H,2,10H2,1H3,(H,21,25)(H2,23,24,26). The van der Waals surface area contributed by atoms with Gasteiger partial charge < -0.3 is 20.0 Å². The lowest BCUT2D eigenvalue weighted by Crippen LogP contribution is -2.14. The molecule has 0 saturated carbocycles. The third kappa shape index (κ3) is 3.96. The van der Waals surface area contributed by atoms with Gasteiger partial charge in [0.1, 0.15) is 10.8 Å². The lowest BCUT2D eigenvalue weighted by atomic mass is 10.2. The van der Waals surface area contributed by atoms with E-state index in [0.29, 0.717) is 29.0 Å². The molecule has 0 atom stereocenters. The monoisotopic (exact) mass is 394 g/mol. The second-order valence-electron chi connectivity index (χ2n) is 6.17. The fourth-order valence-electron chi connectivity index (χ4n) is 2.86. The Morgan fingerprint density at radius 3 is 2.71 bits per heavy atom. The first-order valence-corrected chi connectivity index (χ1v) is 9.68. The summed E-state index contributed by atoms with van der Waals surface area (Å²) in [4.78, 5) is 33.6. The van der Waals surface area contributed by atoms with Crippen LogP contribution in [0.4, 0.5) is 5.69 Å². The quantitative estimate of drug-likeness (QED) is 0.465. The topological polar surface area (TPSA) is 99.9 Å². The van der Waals surface area contributed by atoms with E-state index < -0.39 is 0 Å². The molecule has 4 rings (SSSR count). The summed E-state index contributed by atoms with van der Waals surface area (Å²) in [5.41, 5.74) is 3.39. The zero-order chi connectivity index (χ0) is 19.5. The molecule has 7 nitrogen and oxygen atoms in total. The first kappa shape index (κ1) is 18.0. The summed E-state index contributed by atoms with van der Waals surface area (Å²) in [6.07, 6.45) is 0.176. The van der Waals surface area contributed by atoms with Crippen LogP contribution in [0.5, 0.6) is 5.75 Å². The van der Waals surface area contributed by atoms with E-state index in [1.54, 1.807) is 18.2 Å². The molecule has 0 spiro atoms. The Morgan fingerprint density at radius 2 is 1.93 bits per heavy atom. The van der Waals surface area contributed by atoms with Crippen molar-refractivity contribution in [3.63, 3.8) is 0 Å². The Bertz CT molecular complexity index is 1170. The van der Waals surface area contributed by atoms with Crippen LogP contribution in [0.15, 0.2) is 52.6 Å². The van der Waals surface area contributed by atoms with Gasteiger partial charge in [0.05, 0.1) is 29.8 Å². The number of nitrogens with one attached hydrogen (secondary N) is 3. The van der Waals surface area contributed by atoms with E-state index in [9.17, 15) is 9.59 Å². The van der Waals surface area contributed by atoms with E-state index in [0.717, 1.165) is 16.3 Å². The number of aromatic amines is 2. The van der Waals surface area contributed by atoms with Gasteiger partial charge in [0.2, 0.25) is 5.91 Å². The number of carbonyl (C=O) groups excluding carboxylic acids is 1. The van der Waals surface area contributed by atoms with Crippen LogP contribution in [0.1, 0.15) is 12.6 Å². The van der Waals surface area contributed by atoms with Crippen molar-refractivity contribution in [2.24, 2.45) is 0 Å². The molecule has 0 aliphatic rings. The minimum atomic E-state index is -0.275. The number of hydrogen-bond acceptors (Lipinski definition) is 5. The first-order chi connectivity index (χ1) is 13.6. The number of thiazole rings is 1. The van der Waals surface area contributed by atoms with Gasteiger partial charge >= 0.3 is 5.69 Å². The summed E-state index contributed by atoms with van der Waals surface area (Å²) in [5, 5.41) is 5.58. The molecule has 0 radical (unpaired) electrons. The molecule has 0 saturated heterocycles. The normalized spacial score (nSPS) is 10.9. The fourth-order valence-corrected chi connectivity index (χ4v) is 3.69. The van der Waals surface area contributed by atoms with Crippen LogP contribution in [0, 0.1) is 0 Å². The maximum Gasteiger partial charge on any atom is 0.323 e. The van der Waals surface area contributed by atoms with E-state index in [-0.39, 0.29) is 18.0 Å².